The molecular weight excluding hydrogens is 242 g/mol. The van der Waals surface area contributed by atoms with Crippen molar-refractivity contribution in [2.24, 2.45) is 5.73 Å². The van der Waals surface area contributed by atoms with Crippen LogP contribution in [-0.2, 0) is 4.74 Å². The first-order valence-corrected chi connectivity index (χ1v) is 6.91. The number of hydrogen-bond acceptors (Lipinski definition) is 6. The smallest absolute Gasteiger partial charge is 0.134 e. The average molecular weight is 263 g/mol. The second-order valence-electron chi connectivity index (χ2n) is 5.23. The lowest BCUT2D eigenvalue weighted by Crippen LogP contribution is -2.37. The topological polar surface area (TPSA) is 67.5 Å². The molecule has 1 unspecified atom stereocenters. The number of nitrogens with two attached hydrogens (primary N) is 1. The van der Waals surface area contributed by atoms with Crippen molar-refractivity contribution in [3.63, 3.8) is 0 Å². The predicted molar refractivity (Wildman–Crippen MR) is 74.6 cm³/mol. The number of rotatable bonds is 2. The molecule has 1 atom stereocenters. The number of morpholine rings is 1. The van der Waals surface area contributed by atoms with Crippen molar-refractivity contribution in [1.82, 2.24) is 9.97 Å². The third-order valence-corrected chi connectivity index (χ3v) is 3.69. The number of hydrogen-bond donors (Lipinski definition) is 1. The van der Waals surface area contributed by atoms with E-state index in [1.807, 2.05) is 6.92 Å². The molecule has 3 rings (SSSR count). The van der Waals surface area contributed by atoms with E-state index in [-0.39, 0.29) is 6.04 Å². The predicted octanol–water partition coefficient (Wildman–Crippen LogP) is 0.159. The monoisotopic (exact) mass is 263 g/mol. The van der Waals surface area contributed by atoms with Crippen molar-refractivity contribution < 1.29 is 4.74 Å². The first-order valence-electron chi connectivity index (χ1n) is 6.91. The van der Waals surface area contributed by atoms with Crippen LogP contribution in [0.15, 0.2) is 6.07 Å². The molecule has 6 heteroatoms. The Bertz CT molecular complexity index is 424. The summed E-state index contributed by atoms with van der Waals surface area (Å²) in [5.41, 5.74) is 5.97. The molecule has 0 aliphatic carbocycles. The van der Waals surface area contributed by atoms with Gasteiger partial charge in [-0.2, -0.15) is 0 Å². The second-order valence-corrected chi connectivity index (χ2v) is 5.23. The summed E-state index contributed by atoms with van der Waals surface area (Å²) in [6.45, 7) is 7.16. The summed E-state index contributed by atoms with van der Waals surface area (Å²) >= 11 is 0. The number of aromatic nitrogens is 2. The molecule has 104 valence electrons. The Balaban J connectivity index is 1.83. The fourth-order valence-electron chi connectivity index (χ4n) is 2.65. The Morgan fingerprint density at radius 3 is 2.47 bits per heavy atom. The lowest BCUT2D eigenvalue weighted by molar-refractivity contribution is 0.122. The minimum atomic E-state index is 0.266. The van der Waals surface area contributed by atoms with E-state index < -0.39 is 0 Å². The molecule has 0 bridgehead atoms. The molecule has 0 aromatic carbocycles. The molecule has 1 aromatic heterocycles. The summed E-state index contributed by atoms with van der Waals surface area (Å²) in [5, 5.41) is 0. The van der Waals surface area contributed by atoms with E-state index in [0.717, 1.165) is 63.3 Å². The van der Waals surface area contributed by atoms with Gasteiger partial charge in [0.25, 0.3) is 0 Å². The highest BCUT2D eigenvalue weighted by molar-refractivity contribution is 5.52. The highest BCUT2D eigenvalue weighted by Gasteiger charge is 2.22. The van der Waals surface area contributed by atoms with Gasteiger partial charge in [-0.05, 0) is 13.3 Å². The maximum Gasteiger partial charge on any atom is 0.134 e. The van der Waals surface area contributed by atoms with Crippen molar-refractivity contribution in [1.29, 1.82) is 0 Å². The summed E-state index contributed by atoms with van der Waals surface area (Å²) in [6.07, 6.45) is 1.04. The molecule has 2 saturated heterocycles. The largest absolute Gasteiger partial charge is 0.378 e. The van der Waals surface area contributed by atoms with Gasteiger partial charge in [-0.15, -0.1) is 0 Å². The molecule has 2 aliphatic rings. The van der Waals surface area contributed by atoms with Crippen molar-refractivity contribution in [2.75, 3.05) is 49.2 Å². The zero-order valence-electron chi connectivity index (χ0n) is 11.4. The van der Waals surface area contributed by atoms with Crippen molar-refractivity contribution in [3.05, 3.63) is 11.9 Å². The molecule has 0 amide bonds. The molecule has 0 saturated carbocycles. The minimum absolute atomic E-state index is 0.266. The van der Waals surface area contributed by atoms with Gasteiger partial charge in [0, 0.05) is 38.3 Å². The molecule has 0 radical (unpaired) electrons. The van der Waals surface area contributed by atoms with Gasteiger partial charge >= 0.3 is 0 Å². The normalized spacial score (nSPS) is 24.0. The number of nitrogens with zero attached hydrogens (tertiary/aromatic N) is 4. The highest BCUT2D eigenvalue weighted by atomic mass is 16.5. The summed E-state index contributed by atoms with van der Waals surface area (Å²) in [5.74, 6) is 2.83. The van der Waals surface area contributed by atoms with Gasteiger partial charge in [0.15, 0.2) is 0 Å². The SMILES string of the molecule is Cc1nc(N2CCOCC2)cc(N2CCC(N)C2)n1. The Kier molecular flexibility index (Phi) is 3.52. The van der Waals surface area contributed by atoms with E-state index >= 15 is 0 Å². The van der Waals surface area contributed by atoms with Gasteiger partial charge in [-0.1, -0.05) is 0 Å². The molecule has 19 heavy (non-hydrogen) atoms. The lowest BCUT2D eigenvalue weighted by Gasteiger charge is -2.29. The van der Waals surface area contributed by atoms with Crippen LogP contribution in [-0.4, -0.2) is 55.4 Å². The molecule has 2 fully saturated rings. The third kappa shape index (κ3) is 2.79. The van der Waals surface area contributed by atoms with Crippen LogP contribution < -0.4 is 15.5 Å². The highest BCUT2D eigenvalue weighted by Crippen LogP contribution is 2.22. The van der Waals surface area contributed by atoms with Gasteiger partial charge in [-0.3, -0.25) is 0 Å². The zero-order valence-corrected chi connectivity index (χ0v) is 11.4. The lowest BCUT2D eigenvalue weighted by atomic mass is 10.3. The van der Waals surface area contributed by atoms with E-state index in [0.29, 0.717) is 0 Å². The Morgan fingerprint density at radius 1 is 1.16 bits per heavy atom. The van der Waals surface area contributed by atoms with Crippen LogP contribution >= 0.6 is 0 Å². The van der Waals surface area contributed by atoms with Gasteiger partial charge in [-0.25, -0.2) is 9.97 Å². The second kappa shape index (κ2) is 5.30. The number of ether oxygens (including phenoxy) is 1. The minimum Gasteiger partial charge on any atom is -0.378 e. The van der Waals surface area contributed by atoms with Crippen LogP contribution in [0.2, 0.25) is 0 Å². The average Bonchev–Trinajstić information content (AvgIpc) is 2.86. The first-order chi connectivity index (χ1) is 9.22. The van der Waals surface area contributed by atoms with Crippen LogP contribution in [0.25, 0.3) is 0 Å². The first kappa shape index (κ1) is 12.6. The summed E-state index contributed by atoms with van der Waals surface area (Å²) < 4.78 is 5.38. The molecule has 2 aliphatic heterocycles. The van der Waals surface area contributed by atoms with Crippen LogP contribution in [0.3, 0.4) is 0 Å². The zero-order chi connectivity index (χ0) is 13.2. The van der Waals surface area contributed by atoms with Gasteiger partial charge in [0.2, 0.25) is 0 Å². The summed E-state index contributed by atoms with van der Waals surface area (Å²) in [6, 6.07) is 2.35. The number of aryl methyl sites for hydroxylation is 1. The fourth-order valence-corrected chi connectivity index (χ4v) is 2.65. The van der Waals surface area contributed by atoms with E-state index in [9.17, 15) is 0 Å². The quantitative estimate of drug-likeness (QED) is 0.820. The van der Waals surface area contributed by atoms with E-state index in [1.165, 1.54) is 0 Å². The molecule has 2 N–H and O–H groups in total. The van der Waals surface area contributed by atoms with Crippen LogP contribution in [0.5, 0.6) is 0 Å². The molecule has 0 spiro atoms. The Hall–Kier alpha value is -1.40. The van der Waals surface area contributed by atoms with Gasteiger partial charge in [0.05, 0.1) is 13.2 Å². The maximum absolute atomic E-state index is 5.97. The molecule has 3 heterocycles. The number of anilines is 2. The van der Waals surface area contributed by atoms with E-state index in [2.05, 4.69) is 25.8 Å². The maximum atomic E-state index is 5.97. The molecule has 6 nitrogen and oxygen atoms in total. The third-order valence-electron chi connectivity index (χ3n) is 3.69. The van der Waals surface area contributed by atoms with E-state index in [1.54, 1.807) is 0 Å². The van der Waals surface area contributed by atoms with Crippen LogP contribution in [0, 0.1) is 6.92 Å². The Morgan fingerprint density at radius 2 is 1.84 bits per heavy atom. The van der Waals surface area contributed by atoms with Crippen molar-refractivity contribution in [3.8, 4) is 0 Å². The summed E-state index contributed by atoms with van der Waals surface area (Å²) in [4.78, 5) is 13.6. The molecular formula is C13H21N5O. The van der Waals surface area contributed by atoms with Gasteiger partial charge < -0.3 is 20.3 Å². The van der Waals surface area contributed by atoms with Crippen LogP contribution in [0.4, 0.5) is 11.6 Å². The van der Waals surface area contributed by atoms with Crippen molar-refractivity contribution in [2.45, 2.75) is 19.4 Å². The molecule has 1 aromatic rings. The fraction of sp³-hybridized carbons (Fsp3) is 0.692. The standard InChI is InChI=1S/C13H21N5O/c1-10-15-12(17-4-6-19-7-5-17)8-13(16-10)18-3-2-11(14)9-18/h8,11H,2-7,9,14H2,1H3. The van der Waals surface area contributed by atoms with Crippen LogP contribution in [0.1, 0.15) is 12.2 Å². The van der Waals surface area contributed by atoms with Gasteiger partial charge in [0.1, 0.15) is 17.5 Å². The summed E-state index contributed by atoms with van der Waals surface area (Å²) in [7, 11) is 0. The van der Waals surface area contributed by atoms with Crippen molar-refractivity contribution >= 4 is 11.6 Å². The van der Waals surface area contributed by atoms with E-state index in [4.69, 9.17) is 10.5 Å². The Labute approximate surface area is 113 Å².